The molecule has 0 saturated heterocycles. The number of nitrogens with one attached hydrogen (secondary N) is 2. The number of hydrogen-bond acceptors (Lipinski definition) is 4. The molecule has 1 aliphatic heterocycles. The molecule has 0 radical (unpaired) electrons. The highest BCUT2D eigenvalue weighted by Crippen LogP contribution is 2.33. The van der Waals surface area contributed by atoms with Gasteiger partial charge in [0.2, 0.25) is 5.91 Å². The summed E-state index contributed by atoms with van der Waals surface area (Å²) in [6.07, 6.45) is 4.51. The molecule has 2 heterocycles. The first-order chi connectivity index (χ1) is 11.5. The Morgan fingerprint density at radius 3 is 2.96 bits per heavy atom. The molecular formula is C17H19N3O3S. The fourth-order valence-corrected chi connectivity index (χ4v) is 5.29. The van der Waals surface area contributed by atoms with Crippen LogP contribution in [0.25, 0.3) is 0 Å². The Kier molecular flexibility index (Phi) is 3.68. The normalized spacial score (nSPS) is 24.7. The molecule has 0 fully saturated rings. The Morgan fingerprint density at radius 2 is 2.08 bits per heavy atom. The van der Waals surface area contributed by atoms with Crippen molar-refractivity contribution in [1.29, 1.82) is 0 Å². The van der Waals surface area contributed by atoms with Crippen molar-refractivity contribution in [3.63, 3.8) is 0 Å². The first-order valence-electron chi connectivity index (χ1n) is 8.18. The zero-order valence-electron chi connectivity index (χ0n) is 13.2. The molecule has 0 saturated carbocycles. The molecule has 2 unspecified atom stereocenters. The van der Waals surface area contributed by atoms with Gasteiger partial charge in [0, 0.05) is 11.6 Å². The second-order valence-electron chi connectivity index (χ2n) is 6.52. The number of H-pyrrole nitrogens is 1. The summed E-state index contributed by atoms with van der Waals surface area (Å²) in [5.41, 5.74) is 2.93. The molecule has 1 aliphatic carbocycles. The van der Waals surface area contributed by atoms with E-state index in [9.17, 15) is 13.2 Å². The molecule has 1 aromatic carbocycles. The molecule has 2 aliphatic rings. The van der Waals surface area contributed by atoms with E-state index >= 15 is 0 Å². The lowest BCUT2D eigenvalue weighted by Gasteiger charge is -2.29. The molecule has 2 N–H and O–H groups in total. The van der Waals surface area contributed by atoms with E-state index < -0.39 is 9.84 Å². The van der Waals surface area contributed by atoms with Crippen molar-refractivity contribution in [3.05, 3.63) is 47.3 Å². The second kappa shape index (κ2) is 5.73. The zero-order chi connectivity index (χ0) is 16.7. The van der Waals surface area contributed by atoms with E-state index in [2.05, 4.69) is 15.5 Å². The fourth-order valence-electron chi connectivity index (χ4n) is 3.67. The maximum absolute atomic E-state index is 12.7. The van der Waals surface area contributed by atoms with Crippen molar-refractivity contribution >= 4 is 15.7 Å². The van der Waals surface area contributed by atoms with Gasteiger partial charge in [-0.1, -0.05) is 18.2 Å². The predicted molar refractivity (Wildman–Crippen MR) is 88.1 cm³/mol. The van der Waals surface area contributed by atoms with Crippen LogP contribution in [0.3, 0.4) is 0 Å². The SMILES string of the molecule is O=C(NC1CCS(=O)(=O)c2ccccc21)C1CCc2[nH]ncc2C1. The Balaban J connectivity index is 1.53. The standard InChI is InChI=1S/C17H19N3O3S/c21-17(11-5-6-14-12(9-11)10-18-20-14)19-15-7-8-24(22,23)16-4-2-1-3-13(15)16/h1-4,10-11,15H,5-9H2,(H,18,20)(H,19,21). The van der Waals surface area contributed by atoms with Gasteiger partial charge < -0.3 is 5.32 Å². The van der Waals surface area contributed by atoms with Crippen molar-refractivity contribution < 1.29 is 13.2 Å². The Hall–Kier alpha value is -2.15. The van der Waals surface area contributed by atoms with Crippen LogP contribution in [0.2, 0.25) is 0 Å². The molecule has 1 aromatic heterocycles. The number of aryl methyl sites for hydroxylation is 1. The van der Waals surface area contributed by atoms with Crippen LogP contribution >= 0.6 is 0 Å². The third-order valence-corrected chi connectivity index (χ3v) is 6.82. The maximum atomic E-state index is 12.7. The molecule has 6 nitrogen and oxygen atoms in total. The van der Waals surface area contributed by atoms with E-state index in [0.717, 1.165) is 24.1 Å². The minimum atomic E-state index is -3.23. The molecule has 4 rings (SSSR count). The number of carbonyl (C=O) groups is 1. The molecule has 0 bridgehead atoms. The Morgan fingerprint density at radius 1 is 1.25 bits per heavy atom. The van der Waals surface area contributed by atoms with Crippen LogP contribution in [-0.4, -0.2) is 30.3 Å². The second-order valence-corrected chi connectivity index (χ2v) is 8.60. The lowest BCUT2D eigenvalue weighted by molar-refractivity contribution is -0.126. The van der Waals surface area contributed by atoms with Crippen molar-refractivity contribution in [2.45, 2.75) is 36.6 Å². The molecule has 2 aromatic rings. The van der Waals surface area contributed by atoms with Gasteiger partial charge in [-0.15, -0.1) is 0 Å². The average molecular weight is 345 g/mol. The number of fused-ring (bicyclic) bond motifs is 2. The van der Waals surface area contributed by atoms with Crippen LogP contribution in [0.15, 0.2) is 35.4 Å². The van der Waals surface area contributed by atoms with Gasteiger partial charge in [0.05, 0.1) is 22.9 Å². The number of amides is 1. The van der Waals surface area contributed by atoms with E-state index in [4.69, 9.17) is 0 Å². The number of hydrogen-bond donors (Lipinski definition) is 2. The van der Waals surface area contributed by atoms with Gasteiger partial charge in [0.1, 0.15) is 0 Å². The summed E-state index contributed by atoms with van der Waals surface area (Å²) in [5.74, 6) is -0.00681. The largest absolute Gasteiger partial charge is 0.349 e. The van der Waals surface area contributed by atoms with Crippen molar-refractivity contribution in [3.8, 4) is 0 Å². The summed E-state index contributed by atoms with van der Waals surface area (Å²) in [5, 5.41) is 10.1. The number of aromatic amines is 1. The highest BCUT2D eigenvalue weighted by molar-refractivity contribution is 7.91. The number of aromatic nitrogens is 2. The Labute approximate surface area is 140 Å². The quantitative estimate of drug-likeness (QED) is 0.864. The van der Waals surface area contributed by atoms with Gasteiger partial charge in [0.25, 0.3) is 0 Å². The third-order valence-electron chi connectivity index (χ3n) is 5.01. The lowest BCUT2D eigenvalue weighted by atomic mass is 9.87. The summed E-state index contributed by atoms with van der Waals surface area (Å²) in [6, 6.07) is 6.73. The van der Waals surface area contributed by atoms with Gasteiger partial charge in [-0.2, -0.15) is 5.10 Å². The molecule has 0 spiro atoms. The molecule has 2 atom stereocenters. The summed E-state index contributed by atoms with van der Waals surface area (Å²) < 4.78 is 24.4. The van der Waals surface area contributed by atoms with E-state index in [-0.39, 0.29) is 23.6 Å². The number of nitrogens with zero attached hydrogens (tertiary/aromatic N) is 1. The predicted octanol–water partition coefficient (Wildman–Crippen LogP) is 1.55. The first-order valence-corrected chi connectivity index (χ1v) is 9.83. The zero-order valence-corrected chi connectivity index (χ0v) is 14.0. The highest BCUT2D eigenvalue weighted by Gasteiger charge is 2.33. The fraction of sp³-hybridized carbons (Fsp3) is 0.412. The molecular weight excluding hydrogens is 326 g/mol. The van der Waals surface area contributed by atoms with Gasteiger partial charge in [-0.3, -0.25) is 9.89 Å². The van der Waals surface area contributed by atoms with Crippen LogP contribution in [0.5, 0.6) is 0 Å². The van der Waals surface area contributed by atoms with E-state index in [1.807, 2.05) is 6.07 Å². The number of rotatable bonds is 2. The average Bonchev–Trinajstić information content (AvgIpc) is 3.05. The molecule has 126 valence electrons. The molecule has 1 amide bonds. The van der Waals surface area contributed by atoms with E-state index in [1.54, 1.807) is 24.4 Å². The lowest BCUT2D eigenvalue weighted by Crippen LogP contribution is -2.39. The third kappa shape index (κ3) is 2.62. The molecule has 24 heavy (non-hydrogen) atoms. The summed E-state index contributed by atoms with van der Waals surface area (Å²) in [7, 11) is -3.23. The van der Waals surface area contributed by atoms with Gasteiger partial charge in [-0.05, 0) is 42.9 Å². The van der Waals surface area contributed by atoms with Crippen LogP contribution in [0.1, 0.15) is 35.7 Å². The summed E-state index contributed by atoms with van der Waals surface area (Å²) in [4.78, 5) is 13.0. The van der Waals surface area contributed by atoms with Crippen LogP contribution < -0.4 is 5.32 Å². The monoisotopic (exact) mass is 345 g/mol. The minimum Gasteiger partial charge on any atom is -0.349 e. The van der Waals surface area contributed by atoms with Gasteiger partial charge >= 0.3 is 0 Å². The summed E-state index contributed by atoms with van der Waals surface area (Å²) in [6.45, 7) is 0. The van der Waals surface area contributed by atoms with Crippen molar-refractivity contribution in [1.82, 2.24) is 15.5 Å². The highest BCUT2D eigenvalue weighted by atomic mass is 32.2. The van der Waals surface area contributed by atoms with Gasteiger partial charge in [0.15, 0.2) is 9.84 Å². The van der Waals surface area contributed by atoms with Crippen LogP contribution in [-0.2, 0) is 27.5 Å². The van der Waals surface area contributed by atoms with E-state index in [0.29, 0.717) is 23.3 Å². The van der Waals surface area contributed by atoms with Crippen LogP contribution in [0.4, 0.5) is 0 Å². The first kappa shape index (κ1) is 15.4. The van der Waals surface area contributed by atoms with Crippen LogP contribution in [0, 0.1) is 5.92 Å². The number of benzene rings is 1. The Bertz CT molecular complexity index is 888. The molecule has 7 heteroatoms. The van der Waals surface area contributed by atoms with Gasteiger partial charge in [-0.25, -0.2) is 8.42 Å². The summed E-state index contributed by atoms with van der Waals surface area (Å²) >= 11 is 0. The van der Waals surface area contributed by atoms with Crippen molar-refractivity contribution in [2.75, 3.05) is 5.75 Å². The maximum Gasteiger partial charge on any atom is 0.223 e. The number of sulfone groups is 1. The number of carbonyl (C=O) groups excluding carboxylic acids is 1. The van der Waals surface area contributed by atoms with Crippen molar-refractivity contribution in [2.24, 2.45) is 5.92 Å². The van der Waals surface area contributed by atoms with E-state index in [1.165, 1.54) is 0 Å². The topological polar surface area (TPSA) is 91.9 Å². The minimum absolute atomic E-state index is 0.000881. The smallest absolute Gasteiger partial charge is 0.223 e.